The fourth-order valence-electron chi connectivity index (χ4n) is 2.44. The first-order valence-electron chi connectivity index (χ1n) is 6.37. The average molecular weight is 296 g/mol. The lowest BCUT2D eigenvalue weighted by atomic mass is 10.1. The Balaban J connectivity index is 1.86. The summed E-state index contributed by atoms with van der Waals surface area (Å²) in [5, 5.41) is 8.23. The molecule has 1 atom stereocenters. The van der Waals surface area contributed by atoms with E-state index in [1.54, 1.807) is 11.9 Å². The van der Waals surface area contributed by atoms with Crippen LogP contribution < -0.4 is 0 Å². The van der Waals surface area contributed by atoms with Crippen LogP contribution in [0.25, 0.3) is 0 Å². The highest BCUT2D eigenvalue weighted by molar-refractivity contribution is 6.28. The molecule has 1 amide bonds. The normalized spacial score (nSPS) is 18.8. The molecule has 0 aliphatic carbocycles. The molecule has 7 nitrogen and oxygen atoms in total. The molecule has 0 N–H and O–H groups in total. The summed E-state index contributed by atoms with van der Waals surface area (Å²) in [6.45, 7) is 2.49. The van der Waals surface area contributed by atoms with Crippen molar-refractivity contribution >= 4 is 17.5 Å². The Kier molecular flexibility index (Phi) is 3.21. The molecule has 1 aliphatic heterocycles. The van der Waals surface area contributed by atoms with E-state index in [-0.39, 0.29) is 23.1 Å². The number of carbonyl (C=O) groups is 1. The van der Waals surface area contributed by atoms with Crippen LogP contribution in [0.5, 0.6) is 0 Å². The van der Waals surface area contributed by atoms with Gasteiger partial charge in [-0.1, -0.05) is 5.16 Å². The van der Waals surface area contributed by atoms with E-state index in [1.165, 1.54) is 4.68 Å². The number of hydrogen-bond donors (Lipinski definition) is 0. The number of aryl methyl sites for hydroxylation is 2. The number of halogens is 1. The minimum atomic E-state index is -0.226. The minimum Gasteiger partial charge on any atom is -0.361 e. The fraction of sp³-hybridized carbons (Fsp3) is 0.500. The Morgan fingerprint density at radius 2 is 2.35 bits per heavy atom. The molecule has 106 valence electrons. The lowest BCUT2D eigenvalue weighted by Gasteiger charge is -2.21. The number of rotatable bonds is 2. The van der Waals surface area contributed by atoms with Crippen LogP contribution in [0.4, 0.5) is 0 Å². The third-order valence-corrected chi connectivity index (χ3v) is 3.73. The molecular weight excluding hydrogens is 282 g/mol. The molecular formula is C12H14ClN5O2. The van der Waals surface area contributed by atoms with Crippen molar-refractivity contribution in [3.8, 4) is 0 Å². The van der Waals surface area contributed by atoms with Crippen LogP contribution in [-0.4, -0.2) is 37.3 Å². The molecule has 1 aliphatic rings. The van der Waals surface area contributed by atoms with Crippen molar-refractivity contribution in [3.63, 3.8) is 0 Å². The summed E-state index contributed by atoms with van der Waals surface area (Å²) < 4.78 is 6.46. The predicted molar refractivity (Wildman–Crippen MR) is 70.3 cm³/mol. The third kappa shape index (κ3) is 2.18. The number of nitrogens with zero attached hydrogens (tertiary/aromatic N) is 5. The summed E-state index contributed by atoms with van der Waals surface area (Å²) in [5.41, 5.74) is 0.773. The smallest absolute Gasteiger partial charge is 0.294 e. The fourth-order valence-corrected chi connectivity index (χ4v) is 2.56. The third-order valence-electron chi connectivity index (χ3n) is 3.40. The lowest BCUT2D eigenvalue weighted by molar-refractivity contribution is 0.0718. The summed E-state index contributed by atoms with van der Waals surface area (Å²) in [6.07, 6.45) is 1.78. The van der Waals surface area contributed by atoms with Crippen molar-refractivity contribution in [2.45, 2.75) is 25.8 Å². The van der Waals surface area contributed by atoms with Crippen LogP contribution in [0.2, 0.25) is 5.28 Å². The van der Waals surface area contributed by atoms with Gasteiger partial charge in [-0.05, 0) is 31.4 Å². The van der Waals surface area contributed by atoms with Crippen LogP contribution in [0.3, 0.4) is 0 Å². The van der Waals surface area contributed by atoms with Crippen molar-refractivity contribution in [2.75, 3.05) is 6.54 Å². The lowest BCUT2D eigenvalue weighted by Crippen LogP contribution is -2.31. The first-order chi connectivity index (χ1) is 9.56. The summed E-state index contributed by atoms with van der Waals surface area (Å²) in [4.78, 5) is 18.2. The van der Waals surface area contributed by atoms with Gasteiger partial charge in [0, 0.05) is 19.7 Å². The van der Waals surface area contributed by atoms with Gasteiger partial charge in [-0.3, -0.25) is 4.79 Å². The zero-order chi connectivity index (χ0) is 14.3. The van der Waals surface area contributed by atoms with Gasteiger partial charge >= 0.3 is 0 Å². The summed E-state index contributed by atoms with van der Waals surface area (Å²) in [6, 6.07) is 1.78. The maximum atomic E-state index is 12.5. The van der Waals surface area contributed by atoms with Gasteiger partial charge in [0.1, 0.15) is 11.5 Å². The summed E-state index contributed by atoms with van der Waals surface area (Å²) >= 11 is 5.83. The molecule has 0 spiro atoms. The molecule has 20 heavy (non-hydrogen) atoms. The Bertz CT molecular complexity index is 631. The van der Waals surface area contributed by atoms with Crippen LogP contribution >= 0.6 is 11.6 Å². The van der Waals surface area contributed by atoms with E-state index < -0.39 is 0 Å². The van der Waals surface area contributed by atoms with Gasteiger partial charge in [0.2, 0.25) is 11.1 Å². The van der Waals surface area contributed by atoms with Gasteiger partial charge in [0.25, 0.3) is 5.91 Å². The van der Waals surface area contributed by atoms with E-state index in [1.807, 2.05) is 13.0 Å². The topological polar surface area (TPSA) is 77.1 Å². The van der Waals surface area contributed by atoms with Crippen molar-refractivity contribution in [1.82, 2.24) is 24.8 Å². The van der Waals surface area contributed by atoms with Crippen molar-refractivity contribution < 1.29 is 9.32 Å². The zero-order valence-corrected chi connectivity index (χ0v) is 12.0. The quantitative estimate of drug-likeness (QED) is 0.843. The van der Waals surface area contributed by atoms with Crippen molar-refractivity contribution in [3.05, 3.63) is 28.6 Å². The Morgan fingerprint density at radius 1 is 1.55 bits per heavy atom. The first-order valence-corrected chi connectivity index (χ1v) is 6.75. The molecule has 1 unspecified atom stereocenters. The molecule has 0 aromatic carbocycles. The summed E-state index contributed by atoms with van der Waals surface area (Å²) in [7, 11) is 1.65. The Hall–Kier alpha value is -1.89. The van der Waals surface area contributed by atoms with Gasteiger partial charge in [-0.15, -0.1) is 5.10 Å². The highest BCUT2D eigenvalue weighted by atomic mass is 35.5. The van der Waals surface area contributed by atoms with Crippen LogP contribution in [-0.2, 0) is 7.05 Å². The van der Waals surface area contributed by atoms with E-state index in [9.17, 15) is 4.79 Å². The van der Waals surface area contributed by atoms with E-state index in [2.05, 4.69) is 15.2 Å². The highest BCUT2D eigenvalue weighted by Gasteiger charge is 2.34. The molecule has 0 radical (unpaired) electrons. The maximum absolute atomic E-state index is 12.5. The molecule has 1 fully saturated rings. The van der Waals surface area contributed by atoms with E-state index in [0.717, 1.165) is 24.3 Å². The van der Waals surface area contributed by atoms with Gasteiger partial charge < -0.3 is 9.42 Å². The SMILES string of the molecule is Cc1cc(C2CCCN2C(=O)c2nc(Cl)n(C)n2)no1. The molecule has 1 saturated heterocycles. The molecule has 8 heteroatoms. The zero-order valence-electron chi connectivity index (χ0n) is 11.2. The van der Waals surface area contributed by atoms with Crippen LogP contribution in [0, 0.1) is 6.92 Å². The molecule has 0 saturated carbocycles. The van der Waals surface area contributed by atoms with Crippen molar-refractivity contribution in [1.29, 1.82) is 0 Å². The molecule has 2 aromatic heterocycles. The van der Waals surface area contributed by atoms with Crippen molar-refractivity contribution in [2.24, 2.45) is 7.05 Å². The molecule has 2 aromatic rings. The van der Waals surface area contributed by atoms with Crippen LogP contribution in [0.15, 0.2) is 10.6 Å². The number of hydrogen-bond acceptors (Lipinski definition) is 5. The van der Waals surface area contributed by atoms with Gasteiger partial charge in [0.05, 0.1) is 6.04 Å². The van der Waals surface area contributed by atoms with Gasteiger partial charge in [-0.25, -0.2) is 4.68 Å². The average Bonchev–Trinajstić information content (AvgIpc) is 3.10. The molecule has 0 bridgehead atoms. The van der Waals surface area contributed by atoms with E-state index in [4.69, 9.17) is 16.1 Å². The minimum absolute atomic E-state index is 0.0810. The second-order valence-corrected chi connectivity index (χ2v) is 5.19. The second-order valence-electron chi connectivity index (χ2n) is 4.85. The predicted octanol–water partition coefficient (Wildman–Crippen LogP) is 1.74. The summed E-state index contributed by atoms with van der Waals surface area (Å²) in [5.74, 6) is 0.624. The number of aromatic nitrogens is 4. The highest BCUT2D eigenvalue weighted by Crippen LogP contribution is 2.32. The van der Waals surface area contributed by atoms with Gasteiger partial charge in [-0.2, -0.15) is 4.98 Å². The molecule has 3 rings (SSSR count). The maximum Gasteiger partial charge on any atom is 0.294 e. The number of amides is 1. The van der Waals surface area contributed by atoms with Gasteiger partial charge in [0.15, 0.2) is 0 Å². The number of carbonyl (C=O) groups excluding carboxylic acids is 1. The standard InChI is InChI=1S/C12H14ClN5O2/c1-7-6-8(16-20-7)9-4-3-5-18(9)11(19)10-14-12(13)17(2)15-10/h6,9H,3-5H2,1-2H3. The Morgan fingerprint density at radius 3 is 2.95 bits per heavy atom. The largest absolute Gasteiger partial charge is 0.361 e. The second kappa shape index (κ2) is 4.90. The van der Waals surface area contributed by atoms with E-state index >= 15 is 0 Å². The first kappa shape index (κ1) is 13.1. The van der Waals surface area contributed by atoms with Crippen LogP contribution in [0.1, 0.15) is 41.0 Å². The Labute approximate surface area is 120 Å². The molecule has 3 heterocycles. The monoisotopic (exact) mass is 295 g/mol. The number of likely N-dealkylation sites (tertiary alicyclic amines) is 1. The van der Waals surface area contributed by atoms with E-state index in [0.29, 0.717) is 6.54 Å².